The van der Waals surface area contributed by atoms with Crippen LogP contribution in [0.2, 0.25) is 0 Å². The lowest BCUT2D eigenvalue weighted by Crippen LogP contribution is -2.46. The summed E-state index contributed by atoms with van der Waals surface area (Å²) >= 11 is 0. The molecule has 1 unspecified atom stereocenters. The van der Waals surface area contributed by atoms with Gasteiger partial charge in [0.1, 0.15) is 0 Å². The molecule has 1 saturated heterocycles. The quantitative estimate of drug-likeness (QED) is 0.697. The summed E-state index contributed by atoms with van der Waals surface area (Å²) in [5.74, 6) is -0.0454. The van der Waals surface area contributed by atoms with E-state index in [1.807, 2.05) is 13.8 Å². The Bertz CT molecular complexity index is 704. The van der Waals surface area contributed by atoms with E-state index in [2.05, 4.69) is 5.32 Å². The molecule has 0 aliphatic carbocycles. The topological polar surface area (TPSA) is 102 Å². The number of halogens is 1. The molecule has 0 aromatic heterocycles. The number of nitrogens with two attached hydrogens (primary N) is 1. The van der Waals surface area contributed by atoms with E-state index in [0.717, 1.165) is 18.4 Å². The molecule has 1 aromatic carbocycles. The maximum absolute atomic E-state index is 12.4. The molecule has 1 atom stereocenters. The molecule has 1 fully saturated rings. The van der Waals surface area contributed by atoms with Crippen molar-refractivity contribution >= 4 is 28.3 Å². The van der Waals surface area contributed by atoms with Crippen LogP contribution in [0.4, 0.5) is 0 Å². The molecule has 1 aliphatic rings. The minimum absolute atomic E-state index is 0. The van der Waals surface area contributed by atoms with Crippen molar-refractivity contribution in [3.63, 3.8) is 0 Å². The van der Waals surface area contributed by atoms with Gasteiger partial charge in [-0.05, 0) is 50.3 Å². The van der Waals surface area contributed by atoms with Gasteiger partial charge in [0.15, 0.2) is 0 Å². The predicted octanol–water partition coefficient (Wildman–Crippen LogP) is 1.51. The molecule has 0 saturated carbocycles. The van der Waals surface area contributed by atoms with E-state index in [0.29, 0.717) is 19.8 Å². The second kappa shape index (κ2) is 10.4. The van der Waals surface area contributed by atoms with Gasteiger partial charge in [-0.25, -0.2) is 8.42 Å². The molecule has 3 N–H and O–H groups in total. The van der Waals surface area contributed by atoms with Gasteiger partial charge in [-0.15, -0.1) is 12.4 Å². The Kier molecular flexibility index (Phi) is 9.17. The number of ether oxygens (including phenoxy) is 1. The Hall–Kier alpha value is -1.19. The summed E-state index contributed by atoms with van der Waals surface area (Å²) in [5, 5.41) is 2.83. The molecule has 0 spiro atoms. The van der Waals surface area contributed by atoms with Crippen molar-refractivity contribution in [1.82, 2.24) is 9.62 Å². The van der Waals surface area contributed by atoms with Crippen LogP contribution in [-0.4, -0.2) is 51.0 Å². The maximum atomic E-state index is 12.4. The molecule has 0 radical (unpaired) electrons. The minimum Gasteiger partial charge on any atom is -0.381 e. The van der Waals surface area contributed by atoms with Crippen molar-refractivity contribution in [3.05, 3.63) is 29.8 Å². The van der Waals surface area contributed by atoms with Gasteiger partial charge in [0.25, 0.3) is 0 Å². The predicted molar refractivity (Wildman–Crippen MR) is 107 cm³/mol. The van der Waals surface area contributed by atoms with Gasteiger partial charge in [0.05, 0.1) is 10.9 Å². The van der Waals surface area contributed by atoms with Gasteiger partial charge in [-0.2, -0.15) is 4.31 Å². The van der Waals surface area contributed by atoms with Crippen LogP contribution in [0.15, 0.2) is 29.2 Å². The Morgan fingerprint density at radius 1 is 1.26 bits per heavy atom. The van der Waals surface area contributed by atoms with Crippen LogP contribution < -0.4 is 11.1 Å². The van der Waals surface area contributed by atoms with Gasteiger partial charge in [0, 0.05) is 32.8 Å². The number of nitrogens with one attached hydrogen (secondary N) is 1. The first-order valence-corrected chi connectivity index (χ1v) is 10.4. The number of nitrogens with zero attached hydrogens (tertiary/aromatic N) is 1. The first kappa shape index (κ1) is 23.8. The number of hydrogen-bond donors (Lipinski definition) is 2. The van der Waals surface area contributed by atoms with Crippen molar-refractivity contribution in [2.24, 2.45) is 11.7 Å². The highest BCUT2D eigenvalue weighted by Crippen LogP contribution is 2.19. The summed E-state index contributed by atoms with van der Waals surface area (Å²) in [5.41, 5.74) is 6.87. The Balaban J connectivity index is 0.00000364. The van der Waals surface area contributed by atoms with Gasteiger partial charge in [-0.1, -0.05) is 12.1 Å². The van der Waals surface area contributed by atoms with Crippen molar-refractivity contribution in [1.29, 1.82) is 0 Å². The van der Waals surface area contributed by atoms with Gasteiger partial charge in [0.2, 0.25) is 15.9 Å². The van der Waals surface area contributed by atoms with E-state index in [4.69, 9.17) is 10.5 Å². The Labute approximate surface area is 168 Å². The normalized spacial score (nSPS) is 16.8. The molecule has 1 aliphatic heterocycles. The number of rotatable bonds is 7. The number of hydrogen-bond acceptors (Lipinski definition) is 5. The van der Waals surface area contributed by atoms with Gasteiger partial charge >= 0.3 is 0 Å². The molecular formula is C18H30ClN3O4S. The largest absolute Gasteiger partial charge is 0.381 e. The molecule has 27 heavy (non-hydrogen) atoms. The first-order valence-electron chi connectivity index (χ1n) is 8.91. The fourth-order valence-corrected chi connectivity index (χ4v) is 4.19. The molecule has 7 nitrogen and oxygen atoms in total. The van der Waals surface area contributed by atoms with E-state index >= 15 is 0 Å². The van der Waals surface area contributed by atoms with Crippen molar-refractivity contribution in [2.45, 2.75) is 50.2 Å². The van der Waals surface area contributed by atoms with Crippen LogP contribution in [0.25, 0.3) is 0 Å². The monoisotopic (exact) mass is 419 g/mol. The average Bonchev–Trinajstić information content (AvgIpc) is 2.65. The lowest BCUT2D eigenvalue weighted by molar-refractivity contribution is -0.124. The second-order valence-corrected chi connectivity index (χ2v) is 8.95. The third-order valence-corrected chi connectivity index (χ3v) is 6.92. The lowest BCUT2D eigenvalue weighted by Gasteiger charge is -2.26. The average molecular weight is 420 g/mol. The molecule has 0 bridgehead atoms. The highest BCUT2D eigenvalue weighted by molar-refractivity contribution is 7.89. The van der Waals surface area contributed by atoms with E-state index < -0.39 is 16.1 Å². The molecule has 154 valence electrons. The summed E-state index contributed by atoms with van der Waals surface area (Å²) in [6.45, 7) is 5.25. The van der Waals surface area contributed by atoms with E-state index in [1.54, 1.807) is 31.3 Å². The van der Waals surface area contributed by atoms with Crippen LogP contribution >= 0.6 is 12.4 Å². The third-order valence-electron chi connectivity index (χ3n) is 4.87. The summed E-state index contributed by atoms with van der Waals surface area (Å²) in [6.07, 6.45) is 1.59. The van der Waals surface area contributed by atoms with Gasteiger partial charge < -0.3 is 15.8 Å². The summed E-state index contributed by atoms with van der Waals surface area (Å²) < 4.78 is 31.5. The lowest BCUT2D eigenvalue weighted by atomic mass is 9.92. The number of benzene rings is 1. The fourth-order valence-electron chi connectivity index (χ4n) is 2.82. The van der Waals surface area contributed by atoms with Crippen LogP contribution in [0, 0.1) is 5.92 Å². The fraction of sp³-hybridized carbons (Fsp3) is 0.611. The summed E-state index contributed by atoms with van der Waals surface area (Å²) in [4.78, 5) is 12.5. The van der Waals surface area contributed by atoms with Gasteiger partial charge in [-0.3, -0.25) is 4.79 Å². The van der Waals surface area contributed by atoms with E-state index in [9.17, 15) is 13.2 Å². The molecular weight excluding hydrogens is 390 g/mol. The minimum atomic E-state index is -3.50. The highest BCUT2D eigenvalue weighted by Gasteiger charge is 2.26. The molecule has 2 rings (SSSR count). The zero-order valence-corrected chi connectivity index (χ0v) is 17.7. The SMILES string of the molecule is CC(C)N(C)S(=O)(=O)c1ccc(CNC(=O)C(N)C2CCOCC2)cc1.Cl. The zero-order valence-electron chi connectivity index (χ0n) is 16.1. The second-order valence-electron chi connectivity index (χ2n) is 6.95. The molecule has 1 amide bonds. The summed E-state index contributed by atoms with van der Waals surface area (Å²) in [6, 6.07) is 5.88. The van der Waals surface area contributed by atoms with Crippen molar-refractivity contribution in [3.8, 4) is 0 Å². The number of sulfonamides is 1. The van der Waals surface area contributed by atoms with Crippen LogP contribution in [0.1, 0.15) is 32.3 Å². The van der Waals surface area contributed by atoms with E-state index in [1.165, 1.54) is 4.31 Å². The molecule has 9 heteroatoms. The summed E-state index contributed by atoms with van der Waals surface area (Å²) in [7, 11) is -1.94. The smallest absolute Gasteiger partial charge is 0.243 e. The van der Waals surface area contributed by atoms with Crippen LogP contribution in [0.5, 0.6) is 0 Å². The zero-order chi connectivity index (χ0) is 19.3. The highest BCUT2D eigenvalue weighted by atomic mass is 35.5. The number of amides is 1. The standard InChI is InChI=1S/C18H29N3O4S.ClH/c1-13(2)21(3)26(23,24)16-6-4-14(5-7-16)12-20-18(22)17(19)15-8-10-25-11-9-15;/h4-7,13,15,17H,8-12,19H2,1-3H3,(H,20,22);1H. The van der Waals surface area contributed by atoms with Crippen molar-refractivity contribution < 1.29 is 17.9 Å². The maximum Gasteiger partial charge on any atom is 0.243 e. The first-order chi connectivity index (χ1) is 12.2. The molecule has 1 aromatic rings. The van der Waals surface area contributed by atoms with Crippen molar-refractivity contribution in [2.75, 3.05) is 20.3 Å². The Morgan fingerprint density at radius 2 is 1.81 bits per heavy atom. The van der Waals surface area contributed by atoms with Crippen LogP contribution in [0.3, 0.4) is 0 Å². The van der Waals surface area contributed by atoms with Crippen LogP contribution in [-0.2, 0) is 26.1 Å². The van der Waals surface area contributed by atoms with E-state index in [-0.39, 0.29) is 35.2 Å². The number of carbonyl (C=O) groups excluding carboxylic acids is 1. The third kappa shape index (κ3) is 6.15. The molecule has 1 heterocycles. The number of carbonyl (C=O) groups is 1. The Morgan fingerprint density at radius 3 is 2.33 bits per heavy atom.